The molecule has 58 heavy (non-hydrogen) atoms. The highest BCUT2D eigenvalue weighted by Gasteiger charge is 2.72. The number of rotatable bonds is 9. The molecule has 1 heterocycles. The topological polar surface area (TPSA) is 195 Å². The molecule has 0 aromatic heterocycles. The van der Waals surface area contributed by atoms with E-state index in [2.05, 4.69) is 5.32 Å². The molecule has 0 spiro atoms. The average Bonchev–Trinajstić information content (AvgIpc) is 3.20. The Kier molecular flexibility index (Phi) is 11.0. The van der Waals surface area contributed by atoms with Crippen molar-refractivity contribution >= 4 is 29.6 Å². The number of hydrogen-bond donors (Lipinski definition) is 4. The van der Waals surface area contributed by atoms with Crippen LogP contribution in [0.3, 0.4) is 0 Å². The summed E-state index contributed by atoms with van der Waals surface area (Å²) in [6, 6.07) is 23.5. The predicted octanol–water partition coefficient (Wildman–Crippen LogP) is 4.05. The quantitative estimate of drug-likeness (QED) is 0.138. The van der Waals surface area contributed by atoms with Gasteiger partial charge in [0.25, 0.3) is 5.91 Å². The van der Waals surface area contributed by atoms with E-state index in [1.54, 1.807) is 112 Å². The molecular formula is C45H49NO12. The zero-order valence-electron chi connectivity index (χ0n) is 33.0. The van der Waals surface area contributed by atoms with Crippen LogP contribution in [0.1, 0.15) is 79.8 Å². The van der Waals surface area contributed by atoms with E-state index >= 15 is 4.79 Å². The lowest BCUT2D eigenvalue weighted by molar-refractivity contribution is -0.296. The van der Waals surface area contributed by atoms with Gasteiger partial charge in [0.2, 0.25) is 0 Å². The summed E-state index contributed by atoms with van der Waals surface area (Å²) in [6.45, 7) is 7.98. The van der Waals surface area contributed by atoms with Gasteiger partial charge in [-0.25, -0.2) is 9.59 Å². The second kappa shape index (κ2) is 15.5. The van der Waals surface area contributed by atoms with Crippen LogP contribution < -0.4 is 5.32 Å². The molecule has 3 fully saturated rings. The normalized spacial score (nSPS) is 32.1. The average molecular weight is 796 g/mol. The third-order valence-electron chi connectivity index (χ3n) is 13.0. The van der Waals surface area contributed by atoms with Crippen molar-refractivity contribution in [1.82, 2.24) is 5.32 Å². The molecule has 3 aromatic carbocycles. The van der Waals surface area contributed by atoms with Crippen molar-refractivity contribution in [2.75, 3.05) is 6.61 Å². The number of aliphatic hydroxyl groups is 3. The maximum atomic E-state index is 15.0. The minimum atomic E-state index is -2.16. The van der Waals surface area contributed by atoms with Gasteiger partial charge in [-0.15, -0.1) is 0 Å². The number of esters is 3. The molecule has 4 N–H and O–H groups in total. The Hall–Kier alpha value is -5.21. The van der Waals surface area contributed by atoms with Crippen molar-refractivity contribution in [2.24, 2.45) is 22.7 Å². The van der Waals surface area contributed by atoms with E-state index in [1.807, 2.05) is 6.92 Å². The number of nitrogens with one attached hydrogen (secondary N) is 1. The molecular weight excluding hydrogens is 746 g/mol. The zero-order chi connectivity index (χ0) is 41.7. The van der Waals surface area contributed by atoms with E-state index in [0.717, 1.165) is 6.92 Å². The van der Waals surface area contributed by atoms with Gasteiger partial charge in [-0.1, -0.05) is 87.5 Å². The Morgan fingerprint density at radius 3 is 2.02 bits per heavy atom. The minimum absolute atomic E-state index is 0.0803. The Balaban J connectivity index is 1.33. The van der Waals surface area contributed by atoms with Gasteiger partial charge in [0.05, 0.1) is 36.3 Å². The van der Waals surface area contributed by atoms with Crippen molar-refractivity contribution < 1.29 is 58.2 Å². The van der Waals surface area contributed by atoms with Crippen LogP contribution in [0.2, 0.25) is 0 Å². The molecule has 1 aliphatic heterocycles. The van der Waals surface area contributed by atoms with Crippen LogP contribution in [0, 0.1) is 22.7 Å². The van der Waals surface area contributed by atoms with Crippen molar-refractivity contribution in [3.8, 4) is 0 Å². The molecule has 2 unspecified atom stereocenters. The molecule has 2 bridgehead atoms. The fourth-order valence-corrected chi connectivity index (χ4v) is 9.75. The summed E-state index contributed by atoms with van der Waals surface area (Å²) in [5.74, 6) is -6.32. The summed E-state index contributed by atoms with van der Waals surface area (Å²) in [6.07, 6.45) is -8.67. The number of aliphatic hydroxyl groups excluding tert-OH is 2. The summed E-state index contributed by atoms with van der Waals surface area (Å²) in [5, 5.41) is 39.6. The number of benzene rings is 3. The van der Waals surface area contributed by atoms with Gasteiger partial charge in [0.15, 0.2) is 18.0 Å². The van der Waals surface area contributed by atoms with Gasteiger partial charge in [0, 0.05) is 42.1 Å². The minimum Gasteiger partial charge on any atom is -0.456 e. The van der Waals surface area contributed by atoms with Gasteiger partial charge >= 0.3 is 17.9 Å². The van der Waals surface area contributed by atoms with Crippen molar-refractivity contribution in [3.63, 3.8) is 0 Å². The fourth-order valence-electron chi connectivity index (χ4n) is 9.75. The Morgan fingerprint density at radius 2 is 1.45 bits per heavy atom. The van der Waals surface area contributed by atoms with Gasteiger partial charge in [-0.05, 0) is 47.9 Å². The molecule has 2 saturated carbocycles. The van der Waals surface area contributed by atoms with Crippen LogP contribution in [-0.2, 0) is 33.3 Å². The van der Waals surface area contributed by atoms with Gasteiger partial charge in [0.1, 0.15) is 17.8 Å². The van der Waals surface area contributed by atoms with E-state index < -0.39 is 107 Å². The molecule has 306 valence electrons. The molecule has 7 rings (SSSR count). The number of fused-ring (bicyclic) bond motifs is 5. The fraction of sp³-hybridized carbons (Fsp3) is 0.444. The first-order valence-electron chi connectivity index (χ1n) is 19.5. The van der Waals surface area contributed by atoms with Crippen molar-refractivity contribution in [3.05, 3.63) is 119 Å². The smallest absolute Gasteiger partial charge is 0.338 e. The van der Waals surface area contributed by atoms with Crippen molar-refractivity contribution in [2.45, 2.75) is 95.7 Å². The Labute approximate surface area is 336 Å². The van der Waals surface area contributed by atoms with Crippen LogP contribution >= 0.6 is 0 Å². The second-order valence-corrected chi connectivity index (χ2v) is 16.7. The maximum absolute atomic E-state index is 15.0. The molecule has 3 aliphatic carbocycles. The molecule has 3 aromatic rings. The molecule has 13 heteroatoms. The highest BCUT2D eigenvalue weighted by molar-refractivity contribution is 5.95. The van der Waals surface area contributed by atoms with Crippen LogP contribution in [-0.4, -0.2) is 93.7 Å². The van der Waals surface area contributed by atoms with E-state index in [1.165, 1.54) is 0 Å². The second-order valence-electron chi connectivity index (χ2n) is 16.7. The first kappa shape index (κ1) is 41.0. The maximum Gasteiger partial charge on any atom is 0.338 e. The van der Waals surface area contributed by atoms with E-state index in [0.29, 0.717) is 5.56 Å². The van der Waals surface area contributed by atoms with E-state index in [4.69, 9.17) is 18.9 Å². The molecule has 1 saturated heterocycles. The summed E-state index contributed by atoms with van der Waals surface area (Å²) >= 11 is 0. The first-order valence-corrected chi connectivity index (χ1v) is 19.5. The number of Topliss-reactive ketones (excluding diaryl/α,β-unsaturated/α-hetero) is 1. The highest BCUT2D eigenvalue weighted by atomic mass is 16.6. The number of carbonyl (C=O) groups is 5. The first-order chi connectivity index (χ1) is 27.5. The largest absolute Gasteiger partial charge is 0.456 e. The lowest BCUT2D eigenvalue weighted by atomic mass is 9.46. The SMILES string of the molecule is CC(=O)O[C@H]1C(=O)C2[C@H]([C@H](OC(=O)c3ccccc3)[C@]3(O)C[C@H](OC(=O)[C@H](O)[C@@H](NC(=O)c4ccccc4)c4ccccc4)C(C)=C1C3(C)C)[C@]1(C)COC1C[C@@H]2O. The molecule has 0 radical (unpaired) electrons. The summed E-state index contributed by atoms with van der Waals surface area (Å²) in [7, 11) is 0. The van der Waals surface area contributed by atoms with Crippen LogP contribution in [0.4, 0.5) is 0 Å². The van der Waals surface area contributed by atoms with Gasteiger partial charge < -0.3 is 39.6 Å². The lowest BCUT2D eigenvalue weighted by Gasteiger charge is -2.65. The Morgan fingerprint density at radius 1 is 0.862 bits per heavy atom. The Bertz CT molecular complexity index is 2100. The molecule has 13 nitrogen and oxygen atoms in total. The highest BCUT2D eigenvalue weighted by Crippen LogP contribution is 2.62. The lowest BCUT2D eigenvalue weighted by Crippen LogP contribution is -2.75. The predicted molar refractivity (Wildman–Crippen MR) is 207 cm³/mol. The monoisotopic (exact) mass is 795 g/mol. The van der Waals surface area contributed by atoms with Gasteiger partial charge in [-0.3, -0.25) is 14.4 Å². The third kappa shape index (κ3) is 6.93. The summed E-state index contributed by atoms with van der Waals surface area (Å²) < 4.78 is 24.2. The summed E-state index contributed by atoms with van der Waals surface area (Å²) in [4.78, 5) is 69.4. The van der Waals surface area contributed by atoms with Crippen LogP contribution in [0.15, 0.2) is 102 Å². The number of amides is 1. The molecule has 1 amide bonds. The van der Waals surface area contributed by atoms with Gasteiger partial charge in [-0.2, -0.15) is 0 Å². The van der Waals surface area contributed by atoms with Crippen molar-refractivity contribution in [1.29, 1.82) is 0 Å². The zero-order valence-corrected chi connectivity index (χ0v) is 33.0. The summed E-state index contributed by atoms with van der Waals surface area (Å²) in [5.41, 5.74) is -3.34. The van der Waals surface area contributed by atoms with E-state index in [9.17, 15) is 34.5 Å². The number of carbonyl (C=O) groups excluding carboxylic acids is 5. The third-order valence-corrected chi connectivity index (χ3v) is 13.0. The standard InChI is InChI=1S/C45H49NO12/c1-24-30(57-42(53)37(50)35(26-15-9-6-10-16-26)46-40(51)27-17-11-7-12-18-27)22-45(54)39(58-41(52)28-19-13-8-14-20-28)34-32(29(48)21-31-44(34,5)23-55-31)36(49)38(56-25(2)47)33(24)43(45,3)4/h6-20,29-32,34-35,37-39,48,50,54H,21-23H2,1-5H3,(H,46,51)/t29-,30-,31?,32?,34+,35-,37+,38+,39-,44+,45+/m0/s1. The van der Waals surface area contributed by atoms with E-state index in [-0.39, 0.29) is 35.3 Å². The number of ether oxygens (including phenoxy) is 4. The number of ketones is 1. The molecule has 11 atom stereocenters. The van der Waals surface area contributed by atoms with Crippen LogP contribution in [0.25, 0.3) is 0 Å². The molecule has 4 aliphatic rings. The van der Waals surface area contributed by atoms with Crippen LogP contribution in [0.5, 0.6) is 0 Å². The number of hydrogen-bond acceptors (Lipinski definition) is 12.